The van der Waals surface area contributed by atoms with Crippen LogP contribution in [0.4, 0.5) is 0 Å². The van der Waals surface area contributed by atoms with E-state index in [1.165, 1.54) is 16.8 Å². The largest absolute Gasteiger partial charge is 0.381 e. The lowest BCUT2D eigenvalue weighted by Crippen LogP contribution is -2.36. The lowest BCUT2D eigenvalue weighted by Gasteiger charge is -2.30. The molecule has 4 nitrogen and oxygen atoms in total. The molecule has 0 saturated carbocycles. The number of likely N-dealkylation sites (tertiary alicyclic amines) is 1. The van der Waals surface area contributed by atoms with E-state index in [9.17, 15) is 0 Å². The Kier molecular flexibility index (Phi) is 6.15. The Labute approximate surface area is 158 Å². The second-order valence-corrected chi connectivity index (χ2v) is 8.05. The molecule has 0 spiro atoms. The van der Waals surface area contributed by atoms with Gasteiger partial charge in [-0.15, -0.1) is 0 Å². The standard InChI is InChI=1S/C22H33N3O/c1-16(2)18-6-8-19(9-7-18)22-14-20(23-25(22)17(3)4)15-24-12-10-21(26-5)11-13-24/h6-9,14,16-17,21H,10-13,15H2,1-5H3. The minimum atomic E-state index is 0.350. The third-order valence-corrected chi connectivity index (χ3v) is 5.40. The van der Waals surface area contributed by atoms with Crippen molar-refractivity contribution in [2.45, 2.75) is 65.1 Å². The second-order valence-electron chi connectivity index (χ2n) is 8.05. The van der Waals surface area contributed by atoms with E-state index in [-0.39, 0.29) is 0 Å². The van der Waals surface area contributed by atoms with Crippen molar-refractivity contribution in [3.63, 3.8) is 0 Å². The van der Waals surface area contributed by atoms with Gasteiger partial charge in [0.15, 0.2) is 0 Å². The summed E-state index contributed by atoms with van der Waals surface area (Å²) in [5, 5.41) is 4.92. The molecule has 0 N–H and O–H groups in total. The highest BCUT2D eigenvalue weighted by atomic mass is 16.5. The molecule has 2 aromatic rings. The zero-order valence-electron chi connectivity index (χ0n) is 16.9. The first-order valence-electron chi connectivity index (χ1n) is 9.91. The fraction of sp³-hybridized carbons (Fsp3) is 0.591. The molecule has 0 atom stereocenters. The predicted octanol–water partition coefficient (Wildman–Crippen LogP) is 4.87. The van der Waals surface area contributed by atoms with Crippen LogP contribution in [-0.2, 0) is 11.3 Å². The maximum absolute atomic E-state index is 5.48. The SMILES string of the molecule is COC1CCN(Cc2cc(-c3ccc(C(C)C)cc3)n(C(C)C)n2)CC1. The number of methoxy groups -OCH3 is 1. The van der Waals surface area contributed by atoms with Gasteiger partial charge in [-0.3, -0.25) is 9.58 Å². The number of benzene rings is 1. The minimum absolute atomic E-state index is 0.350. The van der Waals surface area contributed by atoms with E-state index in [0.717, 1.165) is 38.2 Å². The Morgan fingerprint density at radius 2 is 1.73 bits per heavy atom. The third-order valence-electron chi connectivity index (χ3n) is 5.40. The summed E-state index contributed by atoms with van der Waals surface area (Å²) in [7, 11) is 1.82. The fourth-order valence-electron chi connectivity index (χ4n) is 3.70. The highest BCUT2D eigenvalue weighted by molar-refractivity contribution is 5.60. The van der Waals surface area contributed by atoms with Crippen molar-refractivity contribution in [1.29, 1.82) is 0 Å². The van der Waals surface area contributed by atoms with E-state index < -0.39 is 0 Å². The maximum Gasteiger partial charge on any atom is 0.0771 e. The van der Waals surface area contributed by atoms with Crippen molar-refractivity contribution >= 4 is 0 Å². The van der Waals surface area contributed by atoms with Gasteiger partial charge in [-0.05, 0) is 49.8 Å². The van der Waals surface area contributed by atoms with E-state index >= 15 is 0 Å². The summed E-state index contributed by atoms with van der Waals surface area (Å²) >= 11 is 0. The molecule has 3 rings (SSSR count). The zero-order valence-corrected chi connectivity index (χ0v) is 16.9. The third kappa shape index (κ3) is 4.36. The summed E-state index contributed by atoms with van der Waals surface area (Å²) in [6.45, 7) is 12.0. The Bertz CT molecular complexity index is 695. The van der Waals surface area contributed by atoms with Gasteiger partial charge in [0.25, 0.3) is 0 Å². The lowest BCUT2D eigenvalue weighted by atomic mass is 10.0. The molecule has 1 aliphatic heterocycles. The highest BCUT2D eigenvalue weighted by Crippen LogP contribution is 2.27. The summed E-state index contributed by atoms with van der Waals surface area (Å²) in [4.78, 5) is 2.49. The highest BCUT2D eigenvalue weighted by Gasteiger charge is 2.20. The molecule has 26 heavy (non-hydrogen) atoms. The molecule has 0 bridgehead atoms. The van der Waals surface area contributed by atoms with Crippen molar-refractivity contribution in [3.05, 3.63) is 41.6 Å². The van der Waals surface area contributed by atoms with Gasteiger partial charge >= 0.3 is 0 Å². The van der Waals surface area contributed by atoms with Crippen molar-refractivity contribution < 1.29 is 4.74 Å². The zero-order chi connectivity index (χ0) is 18.7. The van der Waals surface area contributed by atoms with Gasteiger partial charge in [0.05, 0.1) is 17.5 Å². The van der Waals surface area contributed by atoms with Crippen LogP contribution in [0.25, 0.3) is 11.3 Å². The Morgan fingerprint density at radius 3 is 2.27 bits per heavy atom. The van der Waals surface area contributed by atoms with Gasteiger partial charge in [0, 0.05) is 32.8 Å². The summed E-state index contributed by atoms with van der Waals surface area (Å²) in [5.41, 5.74) is 5.01. The molecule has 0 aliphatic carbocycles. The molecule has 0 unspecified atom stereocenters. The van der Waals surface area contributed by atoms with E-state index in [0.29, 0.717) is 18.1 Å². The normalized spacial score (nSPS) is 16.7. The van der Waals surface area contributed by atoms with Crippen LogP contribution in [0.15, 0.2) is 30.3 Å². The molecule has 0 amide bonds. The van der Waals surface area contributed by atoms with Crippen LogP contribution in [0.5, 0.6) is 0 Å². The van der Waals surface area contributed by atoms with Crippen LogP contribution >= 0.6 is 0 Å². The molecule has 1 fully saturated rings. The number of rotatable bonds is 6. The van der Waals surface area contributed by atoms with E-state index in [1.807, 2.05) is 7.11 Å². The molecule has 1 aliphatic rings. The van der Waals surface area contributed by atoms with Gasteiger partial charge in [-0.1, -0.05) is 38.1 Å². The molecule has 1 aromatic carbocycles. The number of ether oxygens (including phenoxy) is 1. The summed E-state index contributed by atoms with van der Waals surface area (Å²) in [6, 6.07) is 11.6. The first-order valence-corrected chi connectivity index (χ1v) is 9.91. The average molecular weight is 356 g/mol. The van der Waals surface area contributed by atoms with Crippen molar-refractivity contribution in [2.24, 2.45) is 0 Å². The van der Waals surface area contributed by atoms with Crippen LogP contribution in [-0.4, -0.2) is 41.0 Å². The average Bonchev–Trinajstić information content (AvgIpc) is 3.06. The first-order chi connectivity index (χ1) is 12.5. The molecular weight excluding hydrogens is 322 g/mol. The topological polar surface area (TPSA) is 30.3 Å². The molecule has 142 valence electrons. The van der Waals surface area contributed by atoms with Crippen LogP contribution in [0.3, 0.4) is 0 Å². The molecule has 4 heteroatoms. The second kappa shape index (κ2) is 8.36. The van der Waals surface area contributed by atoms with Gasteiger partial charge < -0.3 is 4.74 Å². The summed E-state index contributed by atoms with van der Waals surface area (Å²) in [6.07, 6.45) is 2.66. The number of nitrogens with zero attached hydrogens (tertiary/aromatic N) is 3. The molecular formula is C22H33N3O. The quantitative estimate of drug-likeness (QED) is 0.741. The number of aromatic nitrogens is 2. The van der Waals surface area contributed by atoms with E-state index in [2.05, 4.69) is 67.6 Å². The lowest BCUT2D eigenvalue weighted by molar-refractivity contribution is 0.0384. The fourth-order valence-corrected chi connectivity index (χ4v) is 3.70. The van der Waals surface area contributed by atoms with Gasteiger partial charge in [-0.25, -0.2) is 0 Å². The monoisotopic (exact) mass is 355 g/mol. The van der Waals surface area contributed by atoms with Gasteiger partial charge in [-0.2, -0.15) is 5.10 Å². The van der Waals surface area contributed by atoms with Crippen molar-refractivity contribution in [3.8, 4) is 11.3 Å². The number of piperidine rings is 1. The van der Waals surface area contributed by atoms with Crippen LogP contribution in [0.2, 0.25) is 0 Å². The Morgan fingerprint density at radius 1 is 1.08 bits per heavy atom. The van der Waals surface area contributed by atoms with Crippen LogP contribution in [0, 0.1) is 0 Å². The predicted molar refractivity (Wildman–Crippen MR) is 107 cm³/mol. The summed E-state index contributed by atoms with van der Waals surface area (Å²) in [5.74, 6) is 0.560. The van der Waals surface area contributed by atoms with Gasteiger partial charge in [0.2, 0.25) is 0 Å². The minimum Gasteiger partial charge on any atom is -0.381 e. The first kappa shape index (κ1) is 19.1. The number of hydrogen-bond acceptors (Lipinski definition) is 3. The van der Waals surface area contributed by atoms with Crippen molar-refractivity contribution in [1.82, 2.24) is 14.7 Å². The molecule has 0 radical (unpaired) electrons. The molecule has 1 aromatic heterocycles. The van der Waals surface area contributed by atoms with E-state index in [4.69, 9.17) is 9.84 Å². The molecule has 2 heterocycles. The number of hydrogen-bond donors (Lipinski definition) is 0. The Balaban J connectivity index is 1.78. The van der Waals surface area contributed by atoms with Crippen LogP contribution in [0.1, 0.15) is 63.8 Å². The molecule has 1 saturated heterocycles. The summed E-state index contributed by atoms with van der Waals surface area (Å²) < 4.78 is 7.65. The van der Waals surface area contributed by atoms with Crippen LogP contribution < -0.4 is 0 Å². The maximum atomic E-state index is 5.48. The smallest absolute Gasteiger partial charge is 0.0771 e. The Hall–Kier alpha value is -1.65. The van der Waals surface area contributed by atoms with Crippen molar-refractivity contribution in [2.75, 3.05) is 20.2 Å². The van der Waals surface area contributed by atoms with E-state index in [1.54, 1.807) is 0 Å². The van der Waals surface area contributed by atoms with Gasteiger partial charge in [0.1, 0.15) is 0 Å².